The van der Waals surface area contributed by atoms with Crippen LogP contribution in [-0.4, -0.2) is 50.2 Å². The van der Waals surface area contributed by atoms with Crippen LogP contribution in [-0.2, 0) is 19.6 Å². The second-order valence-electron chi connectivity index (χ2n) is 6.12. The van der Waals surface area contributed by atoms with Crippen molar-refractivity contribution in [3.63, 3.8) is 0 Å². The van der Waals surface area contributed by atoms with Crippen molar-refractivity contribution in [3.8, 4) is 0 Å². The first-order valence-corrected chi connectivity index (χ1v) is 10.1. The predicted octanol–water partition coefficient (Wildman–Crippen LogP) is 1.01. The summed E-state index contributed by atoms with van der Waals surface area (Å²) in [6, 6.07) is 4.49. The van der Waals surface area contributed by atoms with Gasteiger partial charge in [0.2, 0.25) is 10.0 Å². The Bertz CT molecular complexity index is 737. The van der Waals surface area contributed by atoms with Gasteiger partial charge in [-0.25, -0.2) is 12.8 Å². The van der Waals surface area contributed by atoms with E-state index in [1.165, 1.54) is 16.4 Å². The Morgan fingerprint density at radius 2 is 1.81 bits per heavy atom. The first-order chi connectivity index (χ1) is 12.4. The molecule has 1 aliphatic heterocycles. The molecule has 7 nitrogen and oxygen atoms in total. The van der Waals surface area contributed by atoms with E-state index in [0.717, 1.165) is 25.0 Å². The van der Waals surface area contributed by atoms with Gasteiger partial charge in [0.25, 0.3) is 0 Å². The van der Waals surface area contributed by atoms with E-state index >= 15 is 0 Å². The van der Waals surface area contributed by atoms with E-state index in [0.29, 0.717) is 25.9 Å². The number of halogens is 1. The van der Waals surface area contributed by atoms with E-state index in [2.05, 4.69) is 10.6 Å². The molecule has 2 rings (SSSR count). The van der Waals surface area contributed by atoms with Crippen molar-refractivity contribution in [3.05, 3.63) is 30.1 Å². The van der Waals surface area contributed by atoms with Gasteiger partial charge in [0.1, 0.15) is 5.82 Å². The fourth-order valence-electron chi connectivity index (χ4n) is 2.99. The van der Waals surface area contributed by atoms with Crippen LogP contribution in [0.1, 0.15) is 32.6 Å². The third-order valence-electron chi connectivity index (χ3n) is 4.30. The number of nitrogens with zero attached hydrogens (tertiary/aromatic N) is 1. The standard InChI is InChI=1S/C17H24FN3O4S/c1-2-19-16(22)17(23)20-11-10-14-5-3-4-12-21(14)26(24,25)15-8-6-13(18)7-9-15/h6-9,14H,2-5,10-12H2,1H3,(H,19,22)(H,20,23). The number of amides is 2. The van der Waals surface area contributed by atoms with Crippen molar-refractivity contribution in [2.45, 2.75) is 43.5 Å². The van der Waals surface area contributed by atoms with E-state index in [9.17, 15) is 22.4 Å². The zero-order valence-corrected chi connectivity index (χ0v) is 15.5. The molecule has 1 fully saturated rings. The molecule has 0 aliphatic carbocycles. The van der Waals surface area contributed by atoms with Gasteiger partial charge in [-0.3, -0.25) is 9.59 Å². The lowest BCUT2D eigenvalue weighted by atomic mass is 10.0. The number of piperidine rings is 1. The third kappa shape index (κ3) is 5.01. The lowest BCUT2D eigenvalue weighted by molar-refractivity contribution is -0.139. The Balaban J connectivity index is 2.02. The fraction of sp³-hybridized carbons (Fsp3) is 0.529. The minimum atomic E-state index is -3.73. The monoisotopic (exact) mass is 385 g/mol. The van der Waals surface area contributed by atoms with Crippen LogP contribution in [0.25, 0.3) is 0 Å². The van der Waals surface area contributed by atoms with E-state index in [1.807, 2.05) is 0 Å². The second-order valence-corrected chi connectivity index (χ2v) is 8.01. The third-order valence-corrected chi connectivity index (χ3v) is 6.27. The zero-order valence-electron chi connectivity index (χ0n) is 14.7. The van der Waals surface area contributed by atoms with Crippen LogP contribution in [0.15, 0.2) is 29.2 Å². The summed E-state index contributed by atoms with van der Waals surface area (Å²) in [5.41, 5.74) is 0. The Labute approximate surface area is 153 Å². The molecule has 0 saturated carbocycles. The van der Waals surface area contributed by atoms with Crippen molar-refractivity contribution in [2.24, 2.45) is 0 Å². The Morgan fingerprint density at radius 3 is 2.46 bits per heavy atom. The van der Waals surface area contributed by atoms with E-state index in [1.54, 1.807) is 6.92 Å². The maximum absolute atomic E-state index is 13.1. The minimum Gasteiger partial charge on any atom is -0.348 e. The van der Waals surface area contributed by atoms with E-state index in [4.69, 9.17) is 0 Å². The molecular formula is C17H24FN3O4S. The van der Waals surface area contributed by atoms with Crippen LogP contribution in [0.5, 0.6) is 0 Å². The normalized spacial score (nSPS) is 18.3. The number of sulfonamides is 1. The molecule has 26 heavy (non-hydrogen) atoms. The Kier molecular flexibility index (Phi) is 7.10. The van der Waals surface area contributed by atoms with Crippen molar-refractivity contribution in [2.75, 3.05) is 19.6 Å². The van der Waals surface area contributed by atoms with Crippen LogP contribution < -0.4 is 10.6 Å². The van der Waals surface area contributed by atoms with Crippen molar-refractivity contribution >= 4 is 21.8 Å². The van der Waals surface area contributed by atoms with Crippen LogP contribution >= 0.6 is 0 Å². The first-order valence-electron chi connectivity index (χ1n) is 8.69. The molecule has 0 bridgehead atoms. The zero-order chi connectivity index (χ0) is 19.2. The fourth-order valence-corrected chi connectivity index (χ4v) is 4.72. The van der Waals surface area contributed by atoms with Crippen molar-refractivity contribution in [1.82, 2.24) is 14.9 Å². The highest BCUT2D eigenvalue weighted by Gasteiger charge is 2.33. The van der Waals surface area contributed by atoms with Gasteiger partial charge in [-0.2, -0.15) is 4.31 Å². The summed E-state index contributed by atoms with van der Waals surface area (Å²) in [6.07, 6.45) is 2.73. The Morgan fingerprint density at radius 1 is 1.15 bits per heavy atom. The van der Waals surface area contributed by atoms with Crippen LogP contribution in [0.3, 0.4) is 0 Å². The molecule has 9 heteroatoms. The van der Waals surface area contributed by atoms with Crippen LogP contribution in [0, 0.1) is 5.82 Å². The molecule has 1 aliphatic rings. The lowest BCUT2D eigenvalue weighted by Crippen LogP contribution is -2.46. The molecule has 1 atom stereocenters. The SMILES string of the molecule is CCNC(=O)C(=O)NCCC1CCCCN1S(=O)(=O)c1ccc(F)cc1. The number of rotatable bonds is 6. The molecule has 0 spiro atoms. The molecule has 1 saturated heterocycles. The molecule has 0 aromatic heterocycles. The molecule has 2 N–H and O–H groups in total. The number of benzene rings is 1. The second kappa shape index (κ2) is 9.09. The number of hydrogen-bond acceptors (Lipinski definition) is 4. The summed E-state index contributed by atoms with van der Waals surface area (Å²) in [6.45, 7) is 2.66. The number of nitrogens with one attached hydrogen (secondary N) is 2. The van der Waals surface area contributed by atoms with Crippen molar-refractivity contribution < 1.29 is 22.4 Å². The lowest BCUT2D eigenvalue weighted by Gasteiger charge is -2.34. The smallest absolute Gasteiger partial charge is 0.309 e. The van der Waals surface area contributed by atoms with E-state index in [-0.39, 0.29) is 17.5 Å². The van der Waals surface area contributed by atoms with Gasteiger partial charge >= 0.3 is 11.8 Å². The summed E-state index contributed by atoms with van der Waals surface area (Å²) >= 11 is 0. The molecule has 1 aromatic carbocycles. The highest BCUT2D eigenvalue weighted by Crippen LogP contribution is 2.27. The highest BCUT2D eigenvalue weighted by atomic mass is 32.2. The maximum Gasteiger partial charge on any atom is 0.309 e. The summed E-state index contributed by atoms with van der Waals surface area (Å²) in [7, 11) is -3.73. The topological polar surface area (TPSA) is 95.6 Å². The number of likely N-dealkylation sites (N-methyl/N-ethyl adjacent to an activating group) is 1. The van der Waals surface area contributed by atoms with E-state index < -0.39 is 27.7 Å². The highest BCUT2D eigenvalue weighted by molar-refractivity contribution is 7.89. The average molecular weight is 385 g/mol. The van der Waals surface area contributed by atoms with Gasteiger partial charge in [0, 0.05) is 25.7 Å². The maximum atomic E-state index is 13.1. The van der Waals surface area contributed by atoms with Crippen molar-refractivity contribution in [1.29, 1.82) is 0 Å². The van der Waals surface area contributed by atoms with Gasteiger partial charge in [-0.05, 0) is 50.5 Å². The summed E-state index contributed by atoms with van der Waals surface area (Å²) < 4.78 is 40.2. The van der Waals surface area contributed by atoms with Crippen LogP contribution in [0.4, 0.5) is 4.39 Å². The summed E-state index contributed by atoms with van der Waals surface area (Å²) in [4.78, 5) is 23.1. The van der Waals surface area contributed by atoms with Gasteiger partial charge in [-0.1, -0.05) is 6.42 Å². The largest absolute Gasteiger partial charge is 0.348 e. The Hall–Kier alpha value is -2.00. The van der Waals surface area contributed by atoms with Gasteiger partial charge < -0.3 is 10.6 Å². The van der Waals surface area contributed by atoms with Gasteiger partial charge in [0.05, 0.1) is 4.90 Å². The predicted molar refractivity (Wildman–Crippen MR) is 94.2 cm³/mol. The molecule has 1 heterocycles. The quantitative estimate of drug-likeness (QED) is 0.715. The molecule has 0 radical (unpaired) electrons. The summed E-state index contributed by atoms with van der Waals surface area (Å²) in [5.74, 6) is -1.92. The molecular weight excluding hydrogens is 361 g/mol. The number of hydrogen-bond donors (Lipinski definition) is 2. The number of carbonyl (C=O) groups is 2. The minimum absolute atomic E-state index is 0.0529. The molecule has 1 aromatic rings. The number of carbonyl (C=O) groups excluding carboxylic acids is 2. The van der Waals surface area contributed by atoms with Crippen LogP contribution in [0.2, 0.25) is 0 Å². The summed E-state index contributed by atoms with van der Waals surface area (Å²) in [5, 5.41) is 4.92. The van der Waals surface area contributed by atoms with Gasteiger partial charge in [0.15, 0.2) is 0 Å². The molecule has 2 amide bonds. The average Bonchev–Trinajstić information content (AvgIpc) is 2.62. The molecule has 144 valence electrons. The van der Waals surface area contributed by atoms with Gasteiger partial charge in [-0.15, -0.1) is 0 Å². The first kappa shape index (κ1) is 20.3. The molecule has 1 unspecified atom stereocenters.